The average molecular weight is 419 g/mol. The highest BCUT2D eigenvalue weighted by Gasteiger charge is 2.32. The second-order valence-corrected chi connectivity index (χ2v) is 6.73. The molecule has 1 atom stereocenters. The lowest BCUT2D eigenvalue weighted by Crippen LogP contribution is -2.57. The summed E-state index contributed by atoms with van der Waals surface area (Å²) in [5, 5.41) is 3.33. The van der Waals surface area contributed by atoms with Gasteiger partial charge in [0.1, 0.15) is 5.82 Å². The summed E-state index contributed by atoms with van der Waals surface area (Å²) in [6, 6.07) is 14.3. The molecule has 2 heterocycles. The zero-order valence-electron chi connectivity index (χ0n) is 16.1. The quantitative estimate of drug-likeness (QED) is 0.801. The molecule has 0 aromatic heterocycles. The van der Waals surface area contributed by atoms with E-state index < -0.39 is 6.29 Å². The van der Waals surface area contributed by atoms with E-state index in [0.717, 1.165) is 36.0 Å². The maximum Gasteiger partial charge on any atom is 0.222 e. The molecule has 0 saturated carbocycles. The van der Waals surface area contributed by atoms with E-state index in [9.17, 15) is 4.39 Å². The highest BCUT2D eigenvalue weighted by Crippen LogP contribution is 2.25. The predicted octanol–water partition coefficient (Wildman–Crippen LogP) is 2.77. The number of hydrogen-bond donors (Lipinski definition) is 2. The first-order chi connectivity index (χ1) is 13.6. The van der Waals surface area contributed by atoms with Crippen LogP contribution in [0.2, 0.25) is 0 Å². The first kappa shape index (κ1) is 20.9. The summed E-state index contributed by atoms with van der Waals surface area (Å²) in [4.78, 5) is 13.2. The van der Waals surface area contributed by atoms with E-state index in [-0.39, 0.29) is 24.2 Å². The van der Waals surface area contributed by atoms with Gasteiger partial charge >= 0.3 is 0 Å². The molecule has 1 saturated heterocycles. The van der Waals surface area contributed by atoms with Crippen LogP contribution < -0.4 is 16.0 Å². The van der Waals surface area contributed by atoms with Gasteiger partial charge in [0.2, 0.25) is 18.2 Å². The van der Waals surface area contributed by atoms with Gasteiger partial charge in [-0.1, -0.05) is 12.1 Å². The summed E-state index contributed by atoms with van der Waals surface area (Å²) in [7, 11) is 0. The van der Waals surface area contributed by atoms with Crippen LogP contribution in [0.3, 0.4) is 0 Å². The summed E-state index contributed by atoms with van der Waals surface area (Å²) in [6.45, 7) is 4.75. The van der Waals surface area contributed by atoms with Gasteiger partial charge in [-0.2, -0.15) is 4.99 Å². The molecule has 154 valence electrons. The minimum Gasteiger partial charge on any atom is -0.378 e. The first-order valence-corrected chi connectivity index (χ1v) is 9.23. The largest absolute Gasteiger partial charge is 0.378 e. The molecule has 0 amide bonds. The summed E-state index contributed by atoms with van der Waals surface area (Å²) in [6.07, 6.45) is -0.511. The number of rotatable bonds is 3. The van der Waals surface area contributed by atoms with Gasteiger partial charge in [-0.15, -0.1) is 12.4 Å². The molecular formula is C20H24ClFN6O. The normalized spacial score (nSPS) is 19.2. The van der Waals surface area contributed by atoms with Crippen molar-refractivity contribution in [2.45, 2.75) is 13.2 Å². The van der Waals surface area contributed by atoms with E-state index in [0.29, 0.717) is 13.2 Å². The lowest BCUT2D eigenvalue weighted by Gasteiger charge is -2.41. The van der Waals surface area contributed by atoms with Gasteiger partial charge in [0.05, 0.1) is 13.2 Å². The van der Waals surface area contributed by atoms with Crippen molar-refractivity contribution in [3.8, 4) is 0 Å². The van der Waals surface area contributed by atoms with Gasteiger partial charge in [-0.25, -0.2) is 9.38 Å². The van der Waals surface area contributed by atoms with Gasteiger partial charge in [0, 0.05) is 24.5 Å². The zero-order chi connectivity index (χ0) is 19.5. The van der Waals surface area contributed by atoms with Crippen LogP contribution in [0.5, 0.6) is 0 Å². The molecule has 7 nitrogen and oxygen atoms in total. The number of nitrogens with zero attached hydrogens (tertiary/aromatic N) is 4. The molecule has 0 aliphatic carbocycles. The zero-order valence-corrected chi connectivity index (χ0v) is 16.9. The van der Waals surface area contributed by atoms with Crippen LogP contribution in [0.4, 0.5) is 15.8 Å². The number of hydrogen-bond acceptors (Lipinski definition) is 7. The van der Waals surface area contributed by atoms with Gasteiger partial charge < -0.3 is 20.7 Å². The van der Waals surface area contributed by atoms with Gasteiger partial charge in [-0.3, -0.25) is 4.90 Å². The minimum absolute atomic E-state index is 0. The Bertz CT molecular complexity index is 898. The Morgan fingerprint density at radius 3 is 2.55 bits per heavy atom. The first-order valence-electron chi connectivity index (χ1n) is 9.23. The molecule has 0 bridgehead atoms. The monoisotopic (exact) mass is 418 g/mol. The Morgan fingerprint density at radius 1 is 1.14 bits per heavy atom. The Morgan fingerprint density at radius 2 is 1.86 bits per heavy atom. The minimum atomic E-state index is -0.511. The van der Waals surface area contributed by atoms with E-state index in [4.69, 9.17) is 10.5 Å². The number of guanidine groups is 2. The molecule has 1 fully saturated rings. The van der Waals surface area contributed by atoms with Crippen molar-refractivity contribution < 1.29 is 9.13 Å². The van der Waals surface area contributed by atoms with Crippen molar-refractivity contribution in [1.29, 1.82) is 0 Å². The highest BCUT2D eigenvalue weighted by molar-refractivity contribution is 6.06. The van der Waals surface area contributed by atoms with Crippen molar-refractivity contribution in [3.05, 3.63) is 59.9 Å². The fourth-order valence-electron chi connectivity index (χ4n) is 3.29. The Kier molecular flexibility index (Phi) is 6.56. The topological polar surface area (TPSA) is 78.5 Å². The third kappa shape index (κ3) is 4.78. The number of nitrogens with two attached hydrogens (primary N) is 1. The summed E-state index contributed by atoms with van der Waals surface area (Å²) >= 11 is 0. The average Bonchev–Trinajstić information content (AvgIpc) is 2.70. The number of nitrogens with one attached hydrogen (secondary N) is 1. The van der Waals surface area contributed by atoms with E-state index in [1.807, 2.05) is 30.0 Å². The van der Waals surface area contributed by atoms with Gasteiger partial charge in [0.15, 0.2) is 0 Å². The van der Waals surface area contributed by atoms with Crippen molar-refractivity contribution in [2.24, 2.45) is 15.7 Å². The molecule has 2 aliphatic rings. The number of anilines is 2. The molecule has 9 heteroatoms. The molecular weight excluding hydrogens is 395 g/mol. The standard InChI is InChI=1S/C20H23FN6O.ClH/c1-14-3-2-4-17(13-14)27-19(23-16-7-5-15(21)6-8-16)24-18(22)25-20(27)26-9-11-28-12-10-26;/h2-8,13,19,23H,9-12H2,1H3,(H2,22,24);1H. The van der Waals surface area contributed by atoms with E-state index in [2.05, 4.69) is 26.3 Å². The number of morpholine rings is 1. The number of benzene rings is 2. The molecule has 4 rings (SSSR count). The van der Waals surface area contributed by atoms with Crippen molar-refractivity contribution in [2.75, 3.05) is 36.5 Å². The van der Waals surface area contributed by atoms with Crippen LogP contribution >= 0.6 is 12.4 Å². The molecule has 2 aromatic rings. The van der Waals surface area contributed by atoms with Crippen LogP contribution in [0.15, 0.2) is 58.5 Å². The van der Waals surface area contributed by atoms with Crippen LogP contribution in [-0.4, -0.2) is 49.4 Å². The lowest BCUT2D eigenvalue weighted by atomic mass is 10.2. The Hall–Kier alpha value is -2.84. The van der Waals surface area contributed by atoms with Crippen molar-refractivity contribution >= 4 is 35.7 Å². The third-order valence-electron chi connectivity index (χ3n) is 4.64. The molecule has 29 heavy (non-hydrogen) atoms. The maximum absolute atomic E-state index is 13.3. The fourth-order valence-corrected chi connectivity index (χ4v) is 3.29. The molecule has 2 aromatic carbocycles. The Balaban J connectivity index is 0.00000240. The van der Waals surface area contributed by atoms with Gasteiger partial charge in [0.25, 0.3) is 0 Å². The second-order valence-electron chi connectivity index (χ2n) is 6.73. The second kappa shape index (κ2) is 9.11. The summed E-state index contributed by atoms with van der Waals surface area (Å²) in [5.41, 5.74) is 8.86. The molecule has 0 radical (unpaired) electrons. The van der Waals surface area contributed by atoms with E-state index in [1.54, 1.807) is 12.1 Å². The number of halogens is 2. The van der Waals surface area contributed by atoms with Gasteiger partial charge in [-0.05, 0) is 48.9 Å². The van der Waals surface area contributed by atoms with Crippen LogP contribution in [0, 0.1) is 12.7 Å². The third-order valence-corrected chi connectivity index (χ3v) is 4.64. The number of ether oxygens (including phenoxy) is 1. The molecule has 1 unspecified atom stereocenters. The summed E-state index contributed by atoms with van der Waals surface area (Å²) in [5.74, 6) is 0.634. The number of aliphatic imine (C=N–C) groups is 2. The fraction of sp³-hybridized carbons (Fsp3) is 0.300. The van der Waals surface area contributed by atoms with Crippen molar-refractivity contribution in [1.82, 2.24) is 4.90 Å². The van der Waals surface area contributed by atoms with E-state index in [1.165, 1.54) is 12.1 Å². The van der Waals surface area contributed by atoms with E-state index >= 15 is 0 Å². The number of aryl methyl sites for hydroxylation is 1. The van der Waals surface area contributed by atoms with Crippen molar-refractivity contribution in [3.63, 3.8) is 0 Å². The molecule has 0 spiro atoms. The molecule has 3 N–H and O–H groups in total. The molecule has 2 aliphatic heterocycles. The SMILES string of the molecule is Cc1cccc(N2C(N3CCOCC3)=NC(N)=NC2Nc2ccc(F)cc2)c1.Cl. The lowest BCUT2D eigenvalue weighted by molar-refractivity contribution is 0.0671. The van der Waals surface area contributed by atoms with Crippen LogP contribution in [0.1, 0.15) is 5.56 Å². The smallest absolute Gasteiger partial charge is 0.222 e. The highest BCUT2D eigenvalue weighted by atomic mass is 35.5. The Labute approximate surface area is 175 Å². The predicted molar refractivity (Wildman–Crippen MR) is 116 cm³/mol. The van der Waals surface area contributed by atoms with Crippen LogP contribution in [-0.2, 0) is 4.74 Å². The summed E-state index contributed by atoms with van der Waals surface area (Å²) < 4.78 is 18.8. The van der Waals surface area contributed by atoms with Crippen LogP contribution in [0.25, 0.3) is 0 Å². The maximum atomic E-state index is 13.3.